The zero-order chi connectivity index (χ0) is 13.1. The number of pyridine rings is 1. The third-order valence-corrected chi connectivity index (χ3v) is 3.02. The van der Waals surface area contributed by atoms with E-state index in [4.69, 9.17) is 0 Å². The highest BCUT2D eigenvalue weighted by Gasteiger charge is 1.93. The molecule has 0 unspecified atom stereocenters. The van der Waals surface area contributed by atoms with Gasteiger partial charge in [0.15, 0.2) is 0 Å². The van der Waals surface area contributed by atoms with Gasteiger partial charge in [-0.1, -0.05) is 48.5 Å². The van der Waals surface area contributed by atoms with Crippen LogP contribution in [0.25, 0.3) is 22.9 Å². The van der Waals surface area contributed by atoms with Gasteiger partial charge in [0, 0.05) is 11.8 Å². The summed E-state index contributed by atoms with van der Waals surface area (Å²) in [6.07, 6.45) is 3.91. The van der Waals surface area contributed by atoms with Crippen molar-refractivity contribution in [2.75, 3.05) is 0 Å². The van der Waals surface area contributed by atoms with Gasteiger partial charge in [0.1, 0.15) is 0 Å². The lowest BCUT2D eigenvalue weighted by Gasteiger charge is -1.99. The van der Waals surface area contributed by atoms with E-state index < -0.39 is 0 Å². The minimum Gasteiger partial charge on any atom is -0.323 e. The van der Waals surface area contributed by atoms with Crippen LogP contribution < -0.4 is 5.56 Å². The number of nitrogens with one attached hydrogen (secondary N) is 1. The van der Waals surface area contributed by atoms with Crippen LogP contribution in [0.15, 0.2) is 65.5 Å². The maximum absolute atomic E-state index is 11.2. The topological polar surface area (TPSA) is 32.9 Å². The number of H-pyrrole nitrogens is 1. The Morgan fingerprint density at radius 3 is 2.47 bits per heavy atom. The number of aromatic nitrogens is 1. The van der Waals surface area contributed by atoms with Gasteiger partial charge in [-0.15, -0.1) is 0 Å². The van der Waals surface area contributed by atoms with Crippen LogP contribution in [0.2, 0.25) is 0 Å². The molecule has 1 aromatic heterocycles. The Labute approximate surface area is 111 Å². The van der Waals surface area contributed by atoms with Crippen LogP contribution in [-0.2, 0) is 0 Å². The maximum atomic E-state index is 11.2. The van der Waals surface area contributed by atoms with E-state index in [2.05, 4.69) is 35.3 Å². The second kappa shape index (κ2) is 4.94. The number of rotatable bonds is 2. The summed E-state index contributed by atoms with van der Waals surface area (Å²) in [7, 11) is 0. The van der Waals surface area contributed by atoms with E-state index in [1.807, 2.05) is 30.4 Å². The van der Waals surface area contributed by atoms with Gasteiger partial charge < -0.3 is 4.98 Å². The van der Waals surface area contributed by atoms with Gasteiger partial charge in [0.25, 0.3) is 0 Å². The molecule has 0 aliphatic rings. The van der Waals surface area contributed by atoms with Gasteiger partial charge in [0.05, 0.1) is 0 Å². The van der Waals surface area contributed by atoms with Gasteiger partial charge in [0.2, 0.25) is 5.56 Å². The fourth-order valence-corrected chi connectivity index (χ4v) is 2.06. The first kappa shape index (κ1) is 11.5. The normalized spacial score (nSPS) is 11.2. The number of aromatic amines is 1. The van der Waals surface area contributed by atoms with Crippen LogP contribution in [0.5, 0.6) is 0 Å². The molecule has 3 rings (SSSR count). The van der Waals surface area contributed by atoms with Crippen LogP contribution in [-0.4, -0.2) is 4.98 Å². The predicted octanol–water partition coefficient (Wildman–Crippen LogP) is 3.70. The van der Waals surface area contributed by atoms with E-state index in [0.717, 1.165) is 11.3 Å². The lowest BCUT2D eigenvalue weighted by molar-refractivity contribution is 1.22. The molecule has 0 fully saturated rings. The Morgan fingerprint density at radius 2 is 1.63 bits per heavy atom. The summed E-state index contributed by atoms with van der Waals surface area (Å²) in [4.78, 5) is 14.0. The van der Waals surface area contributed by atoms with Crippen molar-refractivity contribution in [1.29, 1.82) is 0 Å². The third-order valence-electron chi connectivity index (χ3n) is 3.02. The summed E-state index contributed by atoms with van der Waals surface area (Å²) in [6.45, 7) is 0. The highest BCUT2D eigenvalue weighted by atomic mass is 16.1. The van der Waals surface area contributed by atoms with Crippen molar-refractivity contribution in [2.45, 2.75) is 0 Å². The number of hydrogen-bond acceptors (Lipinski definition) is 1. The predicted molar refractivity (Wildman–Crippen MR) is 79.9 cm³/mol. The first-order chi connectivity index (χ1) is 9.31. The van der Waals surface area contributed by atoms with Crippen LogP contribution in [0.3, 0.4) is 0 Å². The molecule has 2 heteroatoms. The van der Waals surface area contributed by atoms with Gasteiger partial charge in [-0.2, -0.15) is 0 Å². The van der Waals surface area contributed by atoms with E-state index >= 15 is 0 Å². The Morgan fingerprint density at radius 1 is 0.789 bits per heavy atom. The summed E-state index contributed by atoms with van der Waals surface area (Å²) < 4.78 is 0. The summed E-state index contributed by atoms with van der Waals surface area (Å²) in [5.41, 5.74) is 1.84. The molecule has 0 aliphatic carbocycles. The van der Waals surface area contributed by atoms with Gasteiger partial charge in [-0.05, 0) is 34.5 Å². The smallest absolute Gasteiger partial charge is 0.248 e. The molecular weight excluding hydrogens is 234 g/mol. The van der Waals surface area contributed by atoms with Crippen LogP contribution in [0.1, 0.15) is 11.3 Å². The highest BCUT2D eigenvalue weighted by molar-refractivity contribution is 5.85. The standard InChI is InChI=1S/C17H13NO/c19-17-7-3-6-16(18-17)11-9-13-8-10-14-4-1-2-5-15(14)12-13/h1-12H,(H,18,19)/b11-9+. The number of hydrogen-bond donors (Lipinski definition) is 1. The number of benzene rings is 2. The molecule has 2 nitrogen and oxygen atoms in total. The van der Waals surface area contributed by atoms with Crippen LogP contribution >= 0.6 is 0 Å². The van der Waals surface area contributed by atoms with Crippen molar-refractivity contribution in [1.82, 2.24) is 4.98 Å². The van der Waals surface area contributed by atoms with E-state index in [1.54, 1.807) is 6.07 Å². The molecule has 0 atom stereocenters. The van der Waals surface area contributed by atoms with Crippen LogP contribution in [0, 0.1) is 0 Å². The molecule has 2 aromatic carbocycles. The molecule has 1 heterocycles. The average Bonchev–Trinajstić information content (AvgIpc) is 2.45. The van der Waals surface area contributed by atoms with Crippen molar-refractivity contribution >= 4 is 22.9 Å². The summed E-state index contributed by atoms with van der Waals surface area (Å²) in [5.74, 6) is 0. The average molecular weight is 247 g/mol. The molecule has 0 saturated heterocycles. The summed E-state index contributed by atoms with van der Waals surface area (Å²) in [6, 6.07) is 19.7. The molecular formula is C17H13NO. The molecule has 0 bridgehead atoms. The van der Waals surface area contributed by atoms with E-state index in [0.29, 0.717) is 0 Å². The van der Waals surface area contributed by atoms with Crippen molar-refractivity contribution in [3.05, 3.63) is 82.3 Å². The minimum atomic E-state index is -0.0827. The Bertz CT molecular complexity index is 799. The Balaban J connectivity index is 1.95. The molecule has 0 aliphatic heterocycles. The fraction of sp³-hybridized carbons (Fsp3) is 0. The summed E-state index contributed by atoms with van der Waals surface area (Å²) >= 11 is 0. The fourth-order valence-electron chi connectivity index (χ4n) is 2.06. The van der Waals surface area contributed by atoms with Gasteiger partial charge in [-0.25, -0.2) is 0 Å². The largest absolute Gasteiger partial charge is 0.323 e. The van der Waals surface area contributed by atoms with Crippen molar-refractivity contribution in [3.8, 4) is 0 Å². The highest BCUT2D eigenvalue weighted by Crippen LogP contribution is 2.17. The molecule has 1 N–H and O–H groups in total. The zero-order valence-electron chi connectivity index (χ0n) is 10.3. The third kappa shape index (κ3) is 2.63. The molecule has 19 heavy (non-hydrogen) atoms. The van der Waals surface area contributed by atoms with Crippen molar-refractivity contribution in [2.24, 2.45) is 0 Å². The van der Waals surface area contributed by atoms with Crippen LogP contribution in [0.4, 0.5) is 0 Å². The lowest BCUT2D eigenvalue weighted by Crippen LogP contribution is -2.03. The first-order valence-corrected chi connectivity index (χ1v) is 6.17. The first-order valence-electron chi connectivity index (χ1n) is 6.17. The monoisotopic (exact) mass is 247 g/mol. The number of fused-ring (bicyclic) bond motifs is 1. The summed E-state index contributed by atoms with van der Waals surface area (Å²) in [5, 5.41) is 2.44. The van der Waals surface area contributed by atoms with Crippen molar-refractivity contribution < 1.29 is 0 Å². The quantitative estimate of drug-likeness (QED) is 0.736. The SMILES string of the molecule is O=c1cccc(/C=C/c2ccc3ccccc3c2)[nH]1. The van der Waals surface area contributed by atoms with E-state index in [-0.39, 0.29) is 5.56 Å². The maximum Gasteiger partial charge on any atom is 0.248 e. The Hall–Kier alpha value is -2.61. The molecule has 0 spiro atoms. The minimum absolute atomic E-state index is 0.0827. The second-order valence-corrected chi connectivity index (χ2v) is 4.41. The van der Waals surface area contributed by atoms with Crippen molar-refractivity contribution in [3.63, 3.8) is 0 Å². The lowest BCUT2D eigenvalue weighted by atomic mass is 10.1. The molecule has 92 valence electrons. The van der Waals surface area contributed by atoms with E-state index in [1.165, 1.54) is 16.8 Å². The van der Waals surface area contributed by atoms with Gasteiger partial charge in [-0.3, -0.25) is 4.79 Å². The molecule has 0 amide bonds. The Kier molecular flexibility index (Phi) is 2.99. The molecule has 0 radical (unpaired) electrons. The molecule has 0 saturated carbocycles. The molecule has 3 aromatic rings. The van der Waals surface area contributed by atoms with Gasteiger partial charge >= 0.3 is 0 Å². The second-order valence-electron chi connectivity index (χ2n) is 4.41. The van der Waals surface area contributed by atoms with E-state index in [9.17, 15) is 4.79 Å². The zero-order valence-corrected chi connectivity index (χ0v) is 10.3.